The molecular weight excluding hydrogens is 366 g/mol. The second kappa shape index (κ2) is 7.06. The SMILES string of the molecule is CN1CCN(Cc2c(O)ccc3c2O/C(=C/c2c[nH]c4ccccc24)C3=O)CC1. The van der Waals surface area contributed by atoms with Crippen LogP contribution in [0.1, 0.15) is 21.5 Å². The van der Waals surface area contributed by atoms with Crippen LogP contribution >= 0.6 is 0 Å². The highest BCUT2D eigenvalue weighted by molar-refractivity contribution is 6.15. The van der Waals surface area contributed by atoms with E-state index in [1.807, 2.05) is 30.5 Å². The van der Waals surface area contributed by atoms with Gasteiger partial charge in [-0.1, -0.05) is 18.2 Å². The average molecular weight is 389 g/mol. The number of ether oxygens (including phenoxy) is 1. The van der Waals surface area contributed by atoms with Crippen molar-refractivity contribution in [1.82, 2.24) is 14.8 Å². The Morgan fingerprint density at radius 1 is 1.14 bits per heavy atom. The molecule has 0 amide bonds. The lowest BCUT2D eigenvalue weighted by atomic mass is 10.0. The first-order valence-electron chi connectivity index (χ1n) is 9.86. The zero-order chi connectivity index (χ0) is 20.0. The number of rotatable bonds is 3. The summed E-state index contributed by atoms with van der Waals surface area (Å²) in [6, 6.07) is 11.2. The smallest absolute Gasteiger partial charge is 0.231 e. The standard InChI is InChI=1S/C23H23N3O3/c1-25-8-10-26(11-9-25)14-18-20(27)7-6-17-22(28)21(29-23(17)18)12-15-13-24-19-5-3-2-4-16(15)19/h2-7,12-13,24,27H,8-11,14H2,1H3/b21-12+. The number of phenolic OH excluding ortho intramolecular Hbond substituents is 1. The minimum Gasteiger partial charge on any atom is -0.507 e. The molecule has 0 radical (unpaired) electrons. The Kier molecular flexibility index (Phi) is 4.38. The molecular formula is C23H23N3O3. The number of carbonyl (C=O) groups excluding carboxylic acids is 1. The van der Waals surface area contributed by atoms with Crippen molar-refractivity contribution in [2.45, 2.75) is 6.54 Å². The van der Waals surface area contributed by atoms with E-state index in [9.17, 15) is 9.90 Å². The summed E-state index contributed by atoms with van der Waals surface area (Å²) in [5, 5.41) is 11.5. The van der Waals surface area contributed by atoms with Crippen molar-refractivity contribution < 1.29 is 14.6 Å². The number of aromatic amines is 1. The Hall–Kier alpha value is -3.09. The summed E-state index contributed by atoms with van der Waals surface area (Å²) < 4.78 is 6.02. The summed E-state index contributed by atoms with van der Waals surface area (Å²) in [5.74, 6) is 0.795. The van der Waals surface area contributed by atoms with E-state index in [1.54, 1.807) is 18.2 Å². The molecule has 0 unspecified atom stereocenters. The average Bonchev–Trinajstić information content (AvgIpc) is 3.28. The molecule has 5 rings (SSSR count). The second-order valence-electron chi connectivity index (χ2n) is 7.75. The largest absolute Gasteiger partial charge is 0.507 e. The molecule has 1 aromatic heterocycles. The van der Waals surface area contributed by atoms with Gasteiger partial charge in [0.2, 0.25) is 5.78 Å². The number of fused-ring (bicyclic) bond motifs is 2. The van der Waals surface area contributed by atoms with Crippen molar-refractivity contribution in [1.29, 1.82) is 0 Å². The number of Topliss-reactive ketones (excluding diaryl/α,β-unsaturated/α-hetero) is 1. The summed E-state index contributed by atoms with van der Waals surface area (Å²) in [7, 11) is 2.11. The molecule has 6 heteroatoms. The van der Waals surface area contributed by atoms with Crippen LogP contribution in [0.5, 0.6) is 11.5 Å². The number of nitrogens with zero attached hydrogens (tertiary/aromatic N) is 2. The molecule has 0 aliphatic carbocycles. The molecule has 0 saturated carbocycles. The number of hydrogen-bond donors (Lipinski definition) is 2. The van der Waals surface area contributed by atoms with Crippen LogP contribution in [0.2, 0.25) is 0 Å². The molecule has 148 valence electrons. The summed E-state index contributed by atoms with van der Waals surface area (Å²) in [6.45, 7) is 4.39. The van der Waals surface area contributed by atoms with Crippen LogP contribution in [0.3, 0.4) is 0 Å². The number of aromatic nitrogens is 1. The fourth-order valence-electron chi connectivity index (χ4n) is 4.03. The Morgan fingerprint density at radius 2 is 1.93 bits per heavy atom. The van der Waals surface area contributed by atoms with Gasteiger partial charge in [0, 0.05) is 55.4 Å². The number of para-hydroxylation sites is 1. The normalized spacial score (nSPS) is 19.1. The molecule has 29 heavy (non-hydrogen) atoms. The van der Waals surface area contributed by atoms with Gasteiger partial charge in [0.05, 0.1) is 11.1 Å². The minimum atomic E-state index is -0.148. The number of nitrogens with one attached hydrogen (secondary N) is 1. The molecule has 3 aromatic rings. The molecule has 0 bridgehead atoms. The predicted octanol–water partition coefficient (Wildman–Crippen LogP) is 3.24. The van der Waals surface area contributed by atoms with Gasteiger partial charge in [-0.25, -0.2) is 0 Å². The summed E-state index contributed by atoms with van der Waals surface area (Å²) >= 11 is 0. The first kappa shape index (κ1) is 18.0. The molecule has 2 aliphatic heterocycles. The van der Waals surface area contributed by atoms with E-state index in [0.717, 1.165) is 42.6 Å². The van der Waals surface area contributed by atoms with Crippen LogP contribution < -0.4 is 4.74 Å². The van der Waals surface area contributed by atoms with Gasteiger partial charge < -0.3 is 19.7 Å². The highest BCUT2D eigenvalue weighted by Crippen LogP contribution is 2.40. The summed E-state index contributed by atoms with van der Waals surface area (Å²) in [5.41, 5.74) is 3.11. The monoisotopic (exact) mass is 389 g/mol. The zero-order valence-electron chi connectivity index (χ0n) is 16.3. The van der Waals surface area contributed by atoms with Gasteiger partial charge in [0.25, 0.3) is 0 Å². The number of benzene rings is 2. The molecule has 2 aliphatic rings. The maximum absolute atomic E-state index is 13.0. The lowest BCUT2D eigenvalue weighted by molar-refractivity contribution is 0.101. The van der Waals surface area contributed by atoms with E-state index in [1.165, 1.54) is 0 Å². The molecule has 0 spiro atoms. The van der Waals surface area contributed by atoms with Crippen molar-refractivity contribution >= 4 is 22.8 Å². The van der Waals surface area contributed by atoms with E-state index >= 15 is 0 Å². The third-order valence-electron chi connectivity index (χ3n) is 5.80. The molecule has 0 atom stereocenters. The third-order valence-corrected chi connectivity index (χ3v) is 5.80. The first-order chi connectivity index (χ1) is 14.1. The van der Waals surface area contributed by atoms with Gasteiger partial charge in [-0.15, -0.1) is 0 Å². The molecule has 2 N–H and O–H groups in total. The molecule has 2 aromatic carbocycles. The Labute approximate surface area is 169 Å². The lowest BCUT2D eigenvalue weighted by Gasteiger charge is -2.32. The Morgan fingerprint density at radius 3 is 2.76 bits per heavy atom. The van der Waals surface area contributed by atoms with E-state index in [2.05, 4.69) is 21.8 Å². The van der Waals surface area contributed by atoms with Crippen molar-refractivity contribution in [2.24, 2.45) is 0 Å². The lowest BCUT2D eigenvalue weighted by Crippen LogP contribution is -2.43. The minimum absolute atomic E-state index is 0.148. The highest BCUT2D eigenvalue weighted by atomic mass is 16.5. The Balaban J connectivity index is 1.47. The van der Waals surface area contributed by atoms with Gasteiger partial charge in [0.1, 0.15) is 11.5 Å². The number of hydrogen-bond acceptors (Lipinski definition) is 5. The fourth-order valence-corrected chi connectivity index (χ4v) is 4.03. The van der Waals surface area contributed by atoms with Crippen molar-refractivity contribution in [3.8, 4) is 11.5 Å². The quantitative estimate of drug-likeness (QED) is 0.673. The van der Waals surface area contributed by atoms with Gasteiger partial charge in [-0.05, 0) is 31.3 Å². The summed E-state index contributed by atoms with van der Waals surface area (Å²) in [4.78, 5) is 20.7. The molecule has 1 fully saturated rings. The number of aromatic hydroxyl groups is 1. The first-order valence-corrected chi connectivity index (χ1v) is 9.86. The van der Waals surface area contributed by atoms with E-state index in [-0.39, 0.29) is 17.3 Å². The van der Waals surface area contributed by atoms with Crippen LogP contribution in [0.15, 0.2) is 48.4 Å². The molecule has 1 saturated heterocycles. The Bertz CT molecular complexity index is 1120. The topological polar surface area (TPSA) is 68.8 Å². The number of allylic oxidation sites excluding steroid dienone is 1. The third kappa shape index (κ3) is 3.20. The van der Waals surface area contributed by atoms with Crippen LogP contribution in [0.4, 0.5) is 0 Å². The van der Waals surface area contributed by atoms with Crippen molar-refractivity contribution in [3.63, 3.8) is 0 Å². The van der Waals surface area contributed by atoms with Crippen LogP contribution in [-0.2, 0) is 6.54 Å². The zero-order valence-corrected chi connectivity index (χ0v) is 16.3. The maximum atomic E-state index is 13.0. The number of H-pyrrole nitrogens is 1. The van der Waals surface area contributed by atoms with Crippen LogP contribution in [0.25, 0.3) is 17.0 Å². The number of phenols is 1. The maximum Gasteiger partial charge on any atom is 0.231 e. The van der Waals surface area contributed by atoms with Gasteiger partial charge in [0.15, 0.2) is 5.76 Å². The van der Waals surface area contributed by atoms with E-state index < -0.39 is 0 Å². The van der Waals surface area contributed by atoms with Crippen molar-refractivity contribution in [3.05, 3.63) is 65.0 Å². The number of piperazine rings is 1. The van der Waals surface area contributed by atoms with Gasteiger partial charge in [-0.2, -0.15) is 0 Å². The highest BCUT2D eigenvalue weighted by Gasteiger charge is 2.32. The number of likely N-dealkylation sites (N-methyl/N-ethyl adjacent to an activating group) is 1. The van der Waals surface area contributed by atoms with Crippen LogP contribution in [-0.4, -0.2) is 58.9 Å². The van der Waals surface area contributed by atoms with Gasteiger partial charge >= 0.3 is 0 Å². The van der Waals surface area contributed by atoms with E-state index in [4.69, 9.17) is 4.74 Å². The number of carbonyl (C=O) groups is 1. The fraction of sp³-hybridized carbons (Fsp3) is 0.261. The van der Waals surface area contributed by atoms with Gasteiger partial charge in [-0.3, -0.25) is 9.69 Å². The summed E-state index contributed by atoms with van der Waals surface area (Å²) in [6.07, 6.45) is 3.65. The second-order valence-corrected chi connectivity index (χ2v) is 7.75. The molecule has 3 heterocycles. The van der Waals surface area contributed by atoms with Crippen LogP contribution in [0, 0.1) is 0 Å². The predicted molar refractivity (Wildman–Crippen MR) is 112 cm³/mol. The van der Waals surface area contributed by atoms with Crippen molar-refractivity contribution in [2.75, 3.05) is 33.2 Å². The number of ketones is 1. The molecule has 6 nitrogen and oxygen atoms in total. The van der Waals surface area contributed by atoms with E-state index in [0.29, 0.717) is 23.4 Å².